The summed E-state index contributed by atoms with van der Waals surface area (Å²) in [6, 6.07) is 4.41. The average molecular weight is 291 g/mol. The van der Waals surface area contributed by atoms with Gasteiger partial charge in [0.25, 0.3) is 0 Å². The third kappa shape index (κ3) is 2.29. The Morgan fingerprint density at radius 3 is 2.61 bits per heavy atom. The summed E-state index contributed by atoms with van der Waals surface area (Å²) in [5.74, 6) is -0.608. The van der Waals surface area contributed by atoms with E-state index in [4.69, 9.17) is 16.7 Å². The van der Waals surface area contributed by atoms with Crippen LogP contribution in [-0.2, 0) is 14.8 Å². The highest BCUT2D eigenvalue weighted by Crippen LogP contribution is 2.37. The molecule has 1 aliphatic rings. The molecule has 0 aliphatic carbocycles. The van der Waals surface area contributed by atoms with Crippen LogP contribution in [-0.4, -0.2) is 31.2 Å². The Kier molecular flexibility index (Phi) is 3.22. The van der Waals surface area contributed by atoms with Crippen LogP contribution in [0.4, 0.5) is 5.69 Å². The molecule has 1 heterocycles. The number of nitrogens with zero attached hydrogens (tertiary/aromatic N) is 1. The lowest BCUT2D eigenvalue weighted by molar-refractivity contribution is -0.117. The second-order valence-corrected chi connectivity index (χ2v) is 6.28. The van der Waals surface area contributed by atoms with E-state index in [2.05, 4.69) is 0 Å². The zero-order valence-corrected chi connectivity index (χ0v) is 10.8. The molecule has 0 spiro atoms. The van der Waals surface area contributed by atoms with Gasteiger partial charge in [-0.25, -0.2) is 13.6 Å². The first kappa shape index (κ1) is 13.1. The number of benzene rings is 1. The first-order chi connectivity index (χ1) is 8.30. The Bertz CT molecular complexity index is 582. The summed E-state index contributed by atoms with van der Waals surface area (Å²) >= 11 is 5.90. The maximum absolute atomic E-state index is 11.8. The highest BCUT2D eigenvalue weighted by atomic mass is 35.5. The lowest BCUT2D eigenvalue weighted by Gasteiger charge is -2.18. The standard InChI is InChI=1S/C10H11ClN2O4S/c11-7-2-1-3-8(14)10(7)13-5-6(4-9(13)15)18(12,16)17/h1-3,6,14H,4-5H2,(H2,12,16,17). The van der Waals surface area contributed by atoms with Gasteiger partial charge in [0.15, 0.2) is 0 Å². The maximum atomic E-state index is 11.8. The van der Waals surface area contributed by atoms with E-state index in [1.807, 2.05) is 0 Å². The highest BCUT2D eigenvalue weighted by molar-refractivity contribution is 7.89. The summed E-state index contributed by atoms with van der Waals surface area (Å²) in [7, 11) is -3.79. The van der Waals surface area contributed by atoms with Gasteiger partial charge in [-0.05, 0) is 12.1 Å². The topological polar surface area (TPSA) is 101 Å². The van der Waals surface area contributed by atoms with Crippen LogP contribution in [0.2, 0.25) is 5.02 Å². The fourth-order valence-corrected chi connectivity index (χ4v) is 2.89. The summed E-state index contributed by atoms with van der Waals surface area (Å²) in [4.78, 5) is 12.9. The van der Waals surface area contributed by atoms with Crippen LogP contribution in [0.15, 0.2) is 18.2 Å². The van der Waals surface area contributed by atoms with Gasteiger partial charge >= 0.3 is 0 Å². The molecule has 1 saturated heterocycles. The molecule has 98 valence electrons. The molecular weight excluding hydrogens is 280 g/mol. The van der Waals surface area contributed by atoms with E-state index in [0.717, 1.165) is 4.90 Å². The number of hydrogen-bond acceptors (Lipinski definition) is 4. The van der Waals surface area contributed by atoms with Crippen LogP contribution >= 0.6 is 11.6 Å². The lowest BCUT2D eigenvalue weighted by Crippen LogP contribution is -2.32. The number of carbonyl (C=O) groups is 1. The number of aromatic hydroxyl groups is 1. The van der Waals surface area contributed by atoms with Gasteiger partial charge in [-0.2, -0.15) is 0 Å². The van der Waals surface area contributed by atoms with Crippen molar-refractivity contribution in [3.05, 3.63) is 23.2 Å². The first-order valence-electron chi connectivity index (χ1n) is 5.10. The van der Waals surface area contributed by atoms with E-state index in [1.165, 1.54) is 18.2 Å². The first-order valence-corrected chi connectivity index (χ1v) is 7.09. The molecule has 1 unspecified atom stereocenters. The Balaban J connectivity index is 2.39. The molecular formula is C10H11ClN2O4S. The van der Waals surface area contributed by atoms with Gasteiger partial charge in [-0.1, -0.05) is 17.7 Å². The molecule has 2 rings (SSSR count). The van der Waals surface area contributed by atoms with E-state index in [0.29, 0.717) is 0 Å². The number of nitrogens with two attached hydrogens (primary N) is 1. The largest absolute Gasteiger partial charge is 0.506 e. The molecule has 18 heavy (non-hydrogen) atoms. The van der Waals surface area contributed by atoms with Crippen molar-refractivity contribution >= 4 is 33.2 Å². The molecule has 0 radical (unpaired) electrons. The molecule has 0 aromatic heterocycles. The van der Waals surface area contributed by atoms with Crippen molar-refractivity contribution < 1.29 is 18.3 Å². The molecule has 0 bridgehead atoms. The van der Waals surface area contributed by atoms with Crippen molar-refractivity contribution in [1.29, 1.82) is 0 Å². The van der Waals surface area contributed by atoms with Crippen LogP contribution in [0.25, 0.3) is 0 Å². The van der Waals surface area contributed by atoms with E-state index in [9.17, 15) is 18.3 Å². The van der Waals surface area contributed by atoms with E-state index >= 15 is 0 Å². The molecule has 8 heteroatoms. The lowest BCUT2D eigenvalue weighted by atomic mass is 10.2. The van der Waals surface area contributed by atoms with Gasteiger partial charge in [0.05, 0.1) is 5.02 Å². The van der Waals surface area contributed by atoms with Crippen molar-refractivity contribution in [2.24, 2.45) is 5.14 Å². The minimum Gasteiger partial charge on any atom is -0.506 e. The summed E-state index contributed by atoms with van der Waals surface area (Å²) in [6.07, 6.45) is -0.205. The monoisotopic (exact) mass is 290 g/mol. The Labute approximate surface area is 109 Å². The van der Waals surface area contributed by atoms with Crippen LogP contribution in [0.3, 0.4) is 0 Å². The Hall–Kier alpha value is -1.31. The van der Waals surface area contributed by atoms with E-state index in [1.54, 1.807) is 0 Å². The average Bonchev–Trinajstić information content (AvgIpc) is 2.60. The van der Waals surface area contributed by atoms with Gasteiger partial charge in [0.1, 0.15) is 16.7 Å². The van der Waals surface area contributed by atoms with E-state index < -0.39 is 21.2 Å². The molecule has 0 saturated carbocycles. The molecule has 1 atom stereocenters. The van der Waals surface area contributed by atoms with Crippen molar-refractivity contribution in [3.8, 4) is 5.75 Å². The predicted octanol–water partition coefficient (Wildman–Crippen LogP) is 0.439. The number of phenols is 1. The Morgan fingerprint density at radius 1 is 1.44 bits per heavy atom. The maximum Gasteiger partial charge on any atom is 0.228 e. The summed E-state index contributed by atoms with van der Waals surface area (Å²) < 4.78 is 22.5. The van der Waals surface area contributed by atoms with Gasteiger partial charge in [-0.15, -0.1) is 0 Å². The SMILES string of the molecule is NS(=O)(=O)C1CC(=O)N(c2c(O)cccc2Cl)C1. The number of hydrogen-bond donors (Lipinski definition) is 2. The van der Waals surface area contributed by atoms with Crippen molar-refractivity contribution in [2.45, 2.75) is 11.7 Å². The molecule has 3 N–H and O–H groups in total. The summed E-state index contributed by atoms with van der Waals surface area (Å²) in [6.45, 7) is -0.102. The number of rotatable bonds is 2. The Morgan fingerprint density at radius 2 is 2.11 bits per heavy atom. The van der Waals surface area contributed by atoms with Crippen LogP contribution in [0, 0.1) is 0 Å². The second-order valence-electron chi connectivity index (χ2n) is 4.03. The summed E-state index contributed by atoms with van der Waals surface area (Å²) in [5, 5.41) is 13.9. The van der Waals surface area contributed by atoms with Crippen molar-refractivity contribution in [2.75, 3.05) is 11.4 Å². The normalized spacial score (nSPS) is 20.4. The molecule has 1 aliphatic heterocycles. The minimum absolute atomic E-state index is 0.102. The van der Waals surface area contributed by atoms with Crippen LogP contribution in [0.1, 0.15) is 6.42 Å². The number of halogens is 1. The fourth-order valence-electron chi connectivity index (χ4n) is 1.88. The molecule has 1 aromatic rings. The van der Waals surface area contributed by atoms with Gasteiger partial charge in [-0.3, -0.25) is 4.79 Å². The molecule has 6 nitrogen and oxygen atoms in total. The number of primary sulfonamides is 1. The number of carbonyl (C=O) groups excluding carboxylic acids is 1. The fraction of sp³-hybridized carbons (Fsp3) is 0.300. The van der Waals surface area contributed by atoms with Crippen LogP contribution < -0.4 is 10.0 Å². The zero-order valence-electron chi connectivity index (χ0n) is 9.21. The quantitative estimate of drug-likeness (QED) is 0.825. The second kappa shape index (κ2) is 4.42. The van der Waals surface area contributed by atoms with Gasteiger partial charge in [0.2, 0.25) is 15.9 Å². The van der Waals surface area contributed by atoms with Crippen molar-refractivity contribution in [1.82, 2.24) is 0 Å². The number of sulfonamides is 1. The van der Waals surface area contributed by atoms with Crippen molar-refractivity contribution in [3.63, 3.8) is 0 Å². The summed E-state index contributed by atoms with van der Waals surface area (Å²) in [5.41, 5.74) is 0.121. The third-order valence-electron chi connectivity index (χ3n) is 2.79. The number of anilines is 1. The molecule has 1 aromatic carbocycles. The zero-order chi connectivity index (χ0) is 13.5. The third-order valence-corrected chi connectivity index (χ3v) is 4.34. The predicted molar refractivity (Wildman–Crippen MR) is 67.0 cm³/mol. The van der Waals surface area contributed by atoms with E-state index in [-0.39, 0.29) is 29.4 Å². The number of phenolic OH excluding ortho intramolecular Hbond substituents is 1. The molecule has 1 fully saturated rings. The number of amides is 1. The molecule has 1 amide bonds. The minimum atomic E-state index is -3.79. The highest BCUT2D eigenvalue weighted by Gasteiger charge is 2.38. The van der Waals surface area contributed by atoms with Gasteiger partial charge < -0.3 is 10.0 Å². The smallest absolute Gasteiger partial charge is 0.228 e. The van der Waals surface area contributed by atoms with Gasteiger partial charge in [0, 0.05) is 13.0 Å². The number of para-hydroxylation sites is 1. The van der Waals surface area contributed by atoms with Crippen LogP contribution in [0.5, 0.6) is 5.75 Å².